The molecule has 33 heavy (non-hydrogen) atoms. The van der Waals surface area contributed by atoms with Crippen molar-refractivity contribution in [2.45, 2.75) is 56.6 Å². The van der Waals surface area contributed by atoms with Gasteiger partial charge >= 0.3 is 6.09 Å². The highest BCUT2D eigenvalue weighted by Gasteiger charge is 2.60. The molecular weight excluding hydrogens is 483 g/mol. The summed E-state index contributed by atoms with van der Waals surface area (Å²) in [5.41, 5.74) is 6.83. The molecule has 1 aliphatic heterocycles. The molecule has 8 heteroatoms. The number of carbonyl (C=O) groups is 2. The van der Waals surface area contributed by atoms with Gasteiger partial charge in [0, 0.05) is 27.5 Å². The van der Waals surface area contributed by atoms with Gasteiger partial charge in [0.2, 0.25) is 0 Å². The first-order valence-electron chi connectivity index (χ1n) is 10.9. The van der Waals surface area contributed by atoms with E-state index >= 15 is 0 Å². The van der Waals surface area contributed by atoms with E-state index in [4.69, 9.17) is 45.3 Å². The highest BCUT2D eigenvalue weighted by Crippen LogP contribution is 2.54. The lowest BCUT2D eigenvalue weighted by Gasteiger charge is -2.44. The summed E-state index contributed by atoms with van der Waals surface area (Å²) in [6.45, 7) is 5.49. The van der Waals surface area contributed by atoms with E-state index in [0.29, 0.717) is 27.9 Å². The molecule has 4 atom stereocenters. The molecule has 2 aromatic rings. The van der Waals surface area contributed by atoms with Crippen LogP contribution in [0.2, 0.25) is 15.1 Å². The van der Waals surface area contributed by atoms with Crippen LogP contribution in [0.25, 0.3) is 0 Å². The number of benzene rings is 2. The molecule has 1 aliphatic carbocycles. The van der Waals surface area contributed by atoms with Gasteiger partial charge in [-0.1, -0.05) is 53.0 Å². The fraction of sp³-hybridized carbons (Fsp3) is 0.440. The maximum atomic E-state index is 13.4. The van der Waals surface area contributed by atoms with Gasteiger partial charge in [-0.05, 0) is 80.8 Å². The maximum Gasteiger partial charge on any atom is 0.417 e. The molecule has 2 amide bonds. The average Bonchev–Trinajstić information content (AvgIpc) is 2.98. The minimum Gasteiger partial charge on any atom is -0.443 e. The molecule has 0 spiro atoms. The second-order valence-electron chi connectivity index (χ2n) is 9.93. The average molecular weight is 510 g/mol. The molecule has 2 fully saturated rings. The standard InChI is InChI=1S/C25H27Cl3N2O3/c1-24(2,3)33-23(32)30-13-19-21(14-4-6-15(26)7-5-14)18(10-11-25(19,29)22(30)31)17-9-8-16(27)12-20(17)28/h4-9,12,18-19,21H,10-11,13,29H2,1-3H3/t18-,19-,21-,25-/m0/s1. The number of rotatable bonds is 2. The topological polar surface area (TPSA) is 72.6 Å². The maximum absolute atomic E-state index is 13.4. The number of likely N-dealkylation sites (tertiary alicyclic amines) is 1. The second-order valence-corrected chi connectivity index (χ2v) is 11.2. The van der Waals surface area contributed by atoms with Gasteiger partial charge in [0.15, 0.2) is 0 Å². The van der Waals surface area contributed by atoms with Crippen LogP contribution in [0.4, 0.5) is 4.79 Å². The van der Waals surface area contributed by atoms with Crippen molar-refractivity contribution in [2.24, 2.45) is 11.7 Å². The van der Waals surface area contributed by atoms with Gasteiger partial charge in [0.05, 0.1) is 0 Å². The zero-order valence-electron chi connectivity index (χ0n) is 18.8. The number of nitrogens with zero attached hydrogens (tertiary/aromatic N) is 1. The van der Waals surface area contributed by atoms with E-state index in [9.17, 15) is 9.59 Å². The van der Waals surface area contributed by atoms with Crippen molar-refractivity contribution in [1.29, 1.82) is 0 Å². The van der Waals surface area contributed by atoms with E-state index in [0.717, 1.165) is 11.1 Å². The van der Waals surface area contributed by atoms with Gasteiger partial charge in [0.1, 0.15) is 11.1 Å². The third-order valence-electron chi connectivity index (χ3n) is 6.65. The van der Waals surface area contributed by atoms with Crippen LogP contribution in [0, 0.1) is 5.92 Å². The highest BCUT2D eigenvalue weighted by molar-refractivity contribution is 6.35. The van der Waals surface area contributed by atoms with Crippen LogP contribution in [0.5, 0.6) is 0 Å². The normalized spacial score (nSPS) is 27.4. The van der Waals surface area contributed by atoms with E-state index in [1.165, 1.54) is 4.90 Å². The Morgan fingerprint density at radius 1 is 1.09 bits per heavy atom. The molecule has 1 saturated carbocycles. The Bertz CT molecular complexity index is 1080. The molecule has 2 aliphatic rings. The van der Waals surface area contributed by atoms with Crippen LogP contribution in [0.1, 0.15) is 56.6 Å². The van der Waals surface area contributed by atoms with Gasteiger partial charge in [-0.15, -0.1) is 0 Å². The molecular formula is C25H27Cl3N2O3. The third kappa shape index (κ3) is 4.61. The molecule has 2 N–H and O–H groups in total. The smallest absolute Gasteiger partial charge is 0.417 e. The zero-order chi connectivity index (χ0) is 24.1. The van der Waals surface area contributed by atoms with Crippen molar-refractivity contribution >= 4 is 46.8 Å². The Morgan fingerprint density at radius 2 is 1.73 bits per heavy atom. The number of hydrogen-bond donors (Lipinski definition) is 1. The summed E-state index contributed by atoms with van der Waals surface area (Å²) in [5, 5.41) is 1.75. The van der Waals surface area contributed by atoms with Crippen molar-refractivity contribution in [1.82, 2.24) is 4.90 Å². The van der Waals surface area contributed by atoms with Gasteiger partial charge < -0.3 is 10.5 Å². The fourth-order valence-electron chi connectivity index (χ4n) is 5.21. The van der Waals surface area contributed by atoms with Crippen LogP contribution in [-0.2, 0) is 9.53 Å². The number of amides is 2. The summed E-state index contributed by atoms with van der Waals surface area (Å²) >= 11 is 18.9. The monoisotopic (exact) mass is 508 g/mol. The van der Waals surface area contributed by atoms with Crippen molar-refractivity contribution in [2.75, 3.05) is 6.54 Å². The molecule has 1 heterocycles. The quantitative estimate of drug-likeness (QED) is 0.508. The Kier molecular flexibility index (Phi) is 6.47. The summed E-state index contributed by atoms with van der Waals surface area (Å²) in [4.78, 5) is 27.4. The highest BCUT2D eigenvalue weighted by atomic mass is 35.5. The molecule has 0 bridgehead atoms. The van der Waals surface area contributed by atoms with Crippen molar-refractivity contribution < 1.29 is 14.3 Å². The molecule has 0 unspecified atom stereocenters. The second kappa shape index (κ2) is 8.77. The minimum atomic E-state index is -1.17. The lowest BCUT2D eigenvalue weighted by atomic mass is 9.60. The molecule has 5 nitrogen and oxygen atoms in total. The Labute approximate surface area is 209 Å². The fourth-order valence-corrected chi connectivity index (χ4v) is 5.88. The van der Waals surface area contributed by atoms with Crippen molar-refractivity contribution in [3.63, 3.8) is 0 Å². The van der Waals surface area contributed by atoms with E-state index in [-0.39, 0.29) is 30.2 Å². The number of hydrogen-bond acceptors (Lipinski definition) is 4. The van der Waals surface area contributed by atoms with E-state index < -0.39 is 17.2 Å². The molecule has 1 saturated heterocycles. The molecule has 176 valence electrons. The van der Waals surface area contributed by atoms with Gasteiger partial charge in [0.25, 0.3) is 5.91 Å². The number of fused-ring (bicyclic) bond motifs is 1. The third-order valence-corrected chi connectivity index (χ3v) is 7.47. The number of nitrogens with two attached hydrogens (primary N) is 1. The predicted molar refractivity (Wildman–Crippen MR) is 131 cm³/mol. The predicted octanol–water partition coefficient (Wildman–Crippen LogP) is 6.40. The summed E-state index contributed by atoms with van der Waals surface area (Å²) in [5.74, 6) is -0.870. The Morgan fingerprint density at radius 3 is 2.33 bits per heavy atom. The van der Waals surface area contributed by atoms with E-state index in [1.807, 2.05) is 36.4 Å². The lowest BCUT2D eigenvalue weighted by molar-refractivity contribution is -0.132. The molecule has 4 rings (SSSR count). The number of halogens is 3. The van der Waals surface area contributed by atoms with Crippen LogP contribution < -0.4 is 5.73 Å². The number of carbonyl (C=O) groups excluding carboxylic acids is 2. The summed E-state index contributed by atoms with van der Waals surface area (Å²) in [6, 6.07) is 13.0. The van der Waals surface area contributed by atoms with E-state index in [1.54, 1.807) is 26.8 Å². The van der Waals surface area contributed by atoms with Crippen LogP contribution in [0.15, 0.2) is 42.5 Å². The molecule has 0 radical (unpaired) electrons. The van der Waals surface area contributed by atoms with E-state index in [2.05, 4.69) is 0 Å². The Balaban J connectivity index is 1.78. The summed E-state index contributed by atoms with van der Waals surface area (Å²) in [7, 11) is 0. The molecule has 0 aromatic heterocycles. The number of imide groups is 1. The van der Waals surface area contributed by atoms with Crippen molar-refractivity contribution in [3.05, 3.63) is 68.7 Å². The van der Waals surface area contributed by atoms with Gasteiger partial charge in [-0.2, -0.15) is 0 Å². The largest absolute Gasteiger partial charge is 0.443 e. The van der Waals surface area contributed by atoms with Gasteiger partial charge in [-0.25, -0.2) is 9.69 Å². The first-order valence-corrected chi connectivity index (χ1v) is 12.1. The SMILES string of the molecule is CC(C)(C)OC(=O)N1C[C@H]2[C@@H](c3ccc(Cl)cc3)[C@H](c3ccc(Cl)cc3Cl)CC[C@@]2(N)C1=O. The van der Waals surface area contributed by atoms with Crippen LogP contribution in [-0.4, -0.2) is 34.6 Å². The summed E-state index contributed by atoms with van der Waals surface area (Å²) in [6.07, 6.45) is 0.404. The van der Waals surface area contributed by atoms with Crippen LogP contribution in [0.3, 0.4) is 0 Å². The van der Waals surface area contributed by atoms with Crippen molar-refractivity contribution in [3.8, 4) is 0 Å². The summed E-state index contributed by atoms with van der Waals surface area (Å²) < 4.78 is 5.50. The Hall–Kier alpha value is -1.79. The zero-order valence-corrected chi connectivity index (χ0v) is 21.0. The lowest BCUT2D eigenvalue weighted by Crippen LogP contribution is -2.56. The first-order chi connectivity index (χ1) is 15.4. The minimum absolute atomic E-state index is 0.0102. The first kappa shape index (κ1) is 24.3. The molecule has 2 aromatic carbocycles. The van der Waals surface area contributed by atoms with Gasteiger partial charge in [-0.3, -0.25) is 4.79 Å². The van der Waals surface area contributed by atoms with Crippen LogP contribution >= 0.6 is 34.8 Å². The number of ether oxygens (including phenoxy) is 1.